The maximum Gasteiger partial charge on any atom is 0.410 e. The molecule has 1 aliphatic rings. The fourth-order valence-electron chi connectivity index (χ4n) is 3.56. The summed E-state index contributed by atoms with van der Waals surface area (Å²) in [6.45, 7) is 6.71. The highest BCUT2D eigenvalue weighted by Crippen LogP contribution is 2.33. The van der Waals surface area contributed by atoms with E-state index in [0.29, 0.717) is 30.1 Å². The molecule has 0 spiro atoms. The minimum atomic E-state index is -0.507. The lowest BCUT2D eigenvalue weighted by Crippen LogP contribution is -2.39. The first-order chi connectivity index (χ1) is 14.7. The molecule has 0 bridgehead atoms. The first-order valence-electron chi connectivity index (χ1n) is 10.2. The molecule has 0 aliphatic carbocycles. The lowest BCUT2D eigenvalue weighted by molar-refractivity contribution is 0.0270. The molecule has 31 heavy (non-hydrogen) atoms. The van der Waals surface area contributed by atoms with E-state index in [1.54, 1.807) is 28.4 Å². The van der Waals surface area contributed by atoms with Crippen LogP contribution in [-0.2, 0) is 11.2 Å². The molecular weight excluding hydrogens is 435 g/mol. The third-order valence-corrected chi connectivity index (χ3v) is 6.28. The van der Waals surface area contributed by atoms with Crippen LogP contribution in [0.3, 0.4) is 0 Å². The highest BCUT2D eigenvalue weighted by Gasteiger charge is 2.24. The molecule has 1 amide bonds. The van der Waals surface area contributed by atoms with Crippen molar-refractivity contribution in [1.82, 2.24) is 9.88 Å². The van der Waals surface area contributed by atoms with Gasteiger partial charge in [-0.2, -0.15) is 0 Å². The summed E-state index contributed by atoms with van der Waals surface area (Å²) in [5.41, 5.74) is 3.23. The molecule has 2 heterocycles. The van der Waals surface area contributed by atoms with Crippen molar-refractivity contribution in [2.75, 3.05) is 13.1 Å². The van der Waals surface area contributed by atoms with Gasteiger partial charge in [-0.25, -0.2) is 14.2 Å². The Morgan fingerprint density at radius 1 is 1.29 bits per heavy atom. The average Bonchev–Trinajstić information content (AvgIpc) is 3.11. The van der Waals surface area contributed by atoms with Crippen LogP contribution in [0.1, 0.15) is 43.3 Å². The van der Waals surface area contributed by atoms with Gasteiger partial charge in [0.25, 0.3) is 0 Å². The van der Waals surface area contributed by atoms with E-state index < -0.39 is 5.60 Å². The SMILES string of the molecule is CC(C)(C)OC(=O)N1CC=C(c2cccc3sc(Cc4ccc(Cl)cc4F)nc23)CC1. The second kappa shape index (κ2) is 8.60. The van der Waals surface area contributed by atoms with Gasteiger partial charge < -0.3 is 9.64 Å². The molecule has 0 saturated heterocycles. The van der Waals surface area contributed by atoms with Crippen molar-refractivity contribution in [3.63, 3.8) is 0 Å². The summed E-state index contributed by atoms with van der Waals surface area (Å²) in [5.74, 6) is -0.316. The molecule has 4 nitrogen and oxygen atoms in total. The zero-order chi connectivity index (χ0) is 22.2. The summed E-state index contributed by atoms with van der Waals surface area (Å²) in [7, 11) is 0. The van der Waals surface area contributed by atoms with Crippen LogP contribution in [0.5, 0.6) is 0 Å². The van der Waals surface area contributed by atoms with Crippen molar-refractivity contribution in [3.05, 3.63) is 69.4 Å². The molecule has 0 atom stereocenters. The van der Waals surface area contributed by atoms with Crippen LogP contribution in [0.4, 0.5) is 9.18 Å². The molecule has 0 fully saturated rings. The van der Waals surface area contributed by atoms with Gasteiger partial charge in [0.05, 0.1) is 15.2 Å². The van der Waals surface area contributed by atoms with Crippen LogP contribution in [0.25, 0.3) is 15.8 Å². The van der Waals surface area contributed by atoms with E-state index >= 15 is 0 Å². The Morgan fingerprint density at radius 3 is 2.77 bits per heavy atom. The smallest absolute Gasteiger partial charge is 0.410 e. The number of carbonyl (C=O) groups is 1. The van der Waals surface area contributed by atoms with Gasteiger partial charge >= 0.3 is 6.09 Å². The van der Waals surface area contributed by atoms with Gasteiger partial charge in [-0.05, 0) is 56.5 Å². The van der Waals surface area contributed by atoms with Crippen molar-refractivity contribution < 1.29 is 13.9 Å². The third-order valence-electron chi connectivity index (χ3n) is 5.03. The van der Waals surface area contributed by atoms with E-state index in [9.17, 15) is 9.18 Å². The van der Waals surface area contributed by atoms with E-state index in [-0.39, 0.29) is 11.9 Å². The van der Waals surface area contributed by atoms with Crippen molar-refractivity contribution >= 4 is 44.8 Å². The number of para-hydroxylation sites is 1. The number of carbonyl (C=O) groups excluding carboxylic acids is 1. The number of benzene rings is 2. The number of nitrogens with zero attached hydrogens (tertiary/aromatic N) is 2. The fourth-order valence-corrected chi connectivity index (χ4v) is 4.74. The van der Waals surface area contributed by atoms with Crippen LogP contribution in [0.2, 0.25) is 5.02 Å². The van der Waals surface area contributed by atoms with Gasteiger partial charge in [-0.3, -0.25) is 0 Å². The molecule has 1 aliphatic heterocycles. The lowest BCUT2D eigenvalue weighted by Gasteiger charge is -2.29. The van der Waals surface area contributed by atoms with Gasteiger partial charge in [0.2, 0.25) is 0 Å². The zero-order valence-corrected chi connectivity index (χ0v) is 19.3. The van der Waals surface area contributed by atoms with Crippen molar-refractivity contribution in [3.8, 4) is 0 Å². The van der Waals surface area contributed by atoms with Crippen molar-refractivity contribution in [2.45, 2.75) is 39.2 Å². The summed E-state index contributed by atoms with van der Waals surface area (Å²) < 4.78 is 20.7. The molecule has 2 aromatic carbocycles. The van der Waals surface area contributed by atoms with Gasteiger partial charge in [0.1, 0.15) is 11.4 Å². The lowest BCUT2D eigenvalue weighted by atomic mass is 9.98. The largest absolute Gasteiger partial charge is 0.444 e. The van der Waals surface area contributed by atoms with Gasteiger partial charge in [-0.15, -0.1) is 11.3 Å². The number of amides is 1. The number of hydrogen-bond acceptors (Lipinski definition) is 4. The topological polar surface area (TPSA) is 42.4 Å². The predicted octanol–water partition coefficient (Wildman–Crippen LogP) is 6.70. The Bertz CT molecular complexity index is 1170. The van der Waals surface area contributed by atoms with Crippen LogP contribution in [0.15, 0.2) is 42.5 Å². The third kappa shape index (κ3) is 5.08. The number of fused-ring (bicyclic) bond motifs is 1. The maximum absolute atomic E-state index is 14.2. The van der Waals surface area contributed by atoms with E-state index in [0.717, 1.165) is 27.2 Å². The highest BCUT2D eigenvalue weighted by molar-refractivity contribution is 7.18. The molecule has 162 valence electrons. The first-order valence-corrected chi connectivity index (χ1v) is 11.4. The number of thiazole rings is 1. The summed E-state index contributed by atoms with van der Waals surface area (Å²) in [4.78, 5) is 18.9. The summed E-state index contributed by atoms with van der Waals surface area (Å²) >= 11 is 7.43. The first kappa shape index (κ1) is 21.8. The normalized spacial score (nSPS) is 14.6. The summed E-state index contributed by atoms with van der Waals surface area (Å²) in [6.07, 6.45) is 2.94. The van der Waals surface area contributed by atoms with E-state index in [1.807, 2.05) is 32.9 Å². The van der Waals surface area contributed by atoms with Gasteiger partial charge in [0, 0.05) is 30.1 Å². The van der Waals surface area contributed by atoms with Crippen LogP contribution >= 0.6 is 22.9 Å². The molecular formula is C24H24ClFN2O2S. The Labute approximate surface area is 190 Å². The molecule has 7 heteroatoms. The maximum atomic E-state index is 14.2. The minimum absolute atomic E-state index is 0.290. The molecule has 0 N–H and O–H groups in total. The Kier molecular flexibility index (Phi) is 6.04. The van der Waals surface area contributed by atoms with Crippen molar-refractivity contribution in [1.29, 1.82) is 0 Å². The fraction of sp³-hybridized carbons (Fsp3) is 0.333. The number of ether oxygens (including phenoxy) is 1. The molecule has 3 aromatic rings. The second-order valence-electron chi connectivity index (χ2n) is 8.58. The predicted molar refractivity (Wildman–Crippen MR) is 124 cm³/mol. The molecule has 1 aromatic heterocycles. The molecule has 4 rings (SSSR count). The van der Waals surface area contributed by atoms with Crippen LogP contribution in [0, 0.1) is 5.82 Å². The van der Waals surface area contributed by atoms with Gasteiger partial charge in [-0.1, -0.05) is 35.9 Å². The number of aromatic nitrogens is 1. The zero-order valence-electron chi connectivity index (χ0n) is 17.7. The summed E-state index contributed by atoms with van der Waals surface area (Å²) in [6, 6.07) is 10.8. The van der Waals surface area contributed by atoms with Crippen molar-refractivity contribution in [2.24, 2.45) is 0 Å². The van der Waals surface area contributed by atoms with E-state index in [4.69, 9.17) is 21.3 Å². The van der Waals surface area contributed by atoms with Crippen LogP contribution < -0.4 is 0 Å². The Morgan fingerprint density at radius 2 is 2.10 bits per heavy atom. The number of hydrogen-bond donors (Lipinski definition) is 0. The summed E-state index contributed by atoms with van der Waals surface area (Å²) in [5, 5.41) is 1.24. The van der Waals surface area contributed by atoms with Gasteiger partial charge in [0.15, 0.2) is 0 Å². The second-order valence-corrected chi connectivity index (χ2v) is 10.1. The number of rotatable bonds is 3. The standard InChI is InChI=1S/C24H24ClFN2O2S/c1-24(2,3)30-23(29)28-11-9-15(10-12-28)18-5-4-6-20-22(18)27-21(31-20)13-16-7-8-17(25)14-19(16)26/h4-9,14H,10-13H2,1-3H3. The van der Waals surface area contributed by atoms with E-state index in [2.05, 4.69) is 12.1 Å². The average molecular weight is 459 g/mol. The highest BCUT2D eigenvalue weighted by atomic mass is 35.5. The van der Waals surface area contributed by atoms with E-state index in [1.165, 1.54) is 11.6 Å². The molecule has 0 saturated carbocycles. The quantitative estimate of drug-likeness (QED) is 0.438. The monoisotopic (exact) mass is 458 g/mol. The Hall–Kier alpha value is -2.44. The van der Waals surface area contributed by atoms with Crippen LogP contribution in [-0.4, -0.2) is 34.7 Å². The Balaban J connectivity index is 1.56. The molecule has 0 radical (unpaired) electrons. The molecule has 0 unspecified atom stereocenters. The number of halogens is 2. The minimum Gasteiger partial charge on any atom is -0.444 e.